The predicted octanol–water partition coefficient (Wildman–Crippen LogP) is 3.43. The molecule has 2 rings (SSSR count). The van der Waals surface area contributed by atoms with Gasteiger partial charge in [-0.1, -0.05) is 11.6 Å². The number of aromatic nitrogens is 1. The van der Waals surface area contributed by atoms with Crippen LogP contribution in [0.2, 0.25) is 5.02 Å². The van der Waals surface area contributed by atoms with Gasteiger partial charge in [-0.15, -0.1) is 11.3 Å². The third-order valence-corrected chi connectivity index (χ3v) is 6.66. The molecule has 0 radical (unpaired) electrons. The first-order valence-corrected chi connectivity index (χ1v) is 8.88. The first-order chi connectivity index (χ1) is 9.31. The van der Waals surface area contributed by atoms with Crippen molar-refractivity contribution in [2.75, 3.05) is 23.7 Å². The molecule has 0 aliphatic rings. The van der Waals surface area contributed by atoms with Crippen molar-refractivity contribution in [1.82, 2.24) is 4.98 Å². The van der Waals surface area contributed by atoms with Gasteiger partial charge in [0.2, 0.25) is 0 Å². The summed E-state index contributed by atoms with van der Waals surface area (Å²) in [5.74, 6) is 0.540. The molecular weight excluding hydrogens is 386 g/mol. The Morgan fingerprint density at radius 3 is 2.70 bits per heavy atom. The fraction of sp³-hybridized carbons (Fsp3) is 0.182. The topological polar surface area (TPSA) is 62.3 Å². The number of nitrogens with zero attached hydrogens (tertiary/aromatic N) is 2. The summed E-state index contributed by atoms with van der Waals surface area (Å²) in [7, 11) is -0.103. The zero-order valence-electron chi connectivity index (χ0n) is 10.6. The fourth-order valence-electron chi connectivity index (χ4n) is 1.49. The van der Waals surface area contributed by atoms with Crippen LogP contribution in [-0.2, 0) is 10.0 Å². The first kappa shape index (κ1) is 15.6. The van der Waals surface area contributed by atoms with E-state index in [9.17, 15) is 8.42 Å². The van der Waals surface area contributed by atoms with E-state index < -0.39 is 10.0 Å². The van der Waals surface area contributed by atoms with Crippen LogP contribution in [0.1, 0.15) is 0 Å². The van der Waals surface area contributed by atoms with Crippen molar-refractivity contribution in [3.63, 3.8) is 0 Å². The van der Waals surface area contributed by atoms with E-state index in [4.69, 9.17) is 11.6 Å². The summed E-state index contributed by atoms with van der Waals surface area (Å²) in [4.78, 5) is 5.88. The van der Waals surface area contributed by atoms with Gasteiger partial charge in [-0.25, -0.2) is 13.4 Å². The third-order valence-electron chi connectivity index (χ3n) is 2.34. The van der Waals surface area contributed by atoms with Crippen LogP contribution < -0.4 is 9.62 Å². The minimum Gasteiger partial charge on any atom is -0.361 e. The molecule has 0 atom stereocenters. The number of hydrogen-bond donors (Lipinski definition) is 1. The van der Waals surface area contributed by atoms with E-state index in [1.165, 1.54) is 6.07 Å². The molecule has 0 aliphatic carbocycles. The minimum absolute atomic E-state index is 0.142. The molecule has 2 aromatic rings. The van der Waals surface area contributed by atoms with Crippen LogP contribution in [0.3, 0.4) is 0 Å². The van der Waals surface area contributed by atoms with Gasteiger partial charge < -0.3 is 4.90 Å². The summed E-state index contributed by atoms with van der Waals surface area (Å²) < 4.78 is 27.9. The highest BCUT2D eigenvalue weighted by Gasteiger charge is 2.21. The van der Waals surface area contributed by atoms with Gasteiger partial charge >= 0.3 is 0 Å². The molecule has 2 heterocycles. The smallest absolute Gasteiger partial charge is 0.271 e. The van der Waals surface area contributed by atoms with Gasteiger partial charge in [0, 0.05) is 20.3 Å². The molecule has 0 aromatic carbocycles. The molecule has 5 nitrogen and oxygen atoms in total. The zero-order chi connectivity index (χ0) is 14.9. The van der Waals surface area contributed by atoms with Crippen molar-refractivity contribution in [1.29, 1.82) is 0 Å². The summed E-state index contributed by atoms with van der Waals surface area (Å²) in [6, 6.07) is 4.73. The molecule has 0 bridgehead atoms. The van der Waals surface area contributed by atoms with E-state index in [0.29, 0.717) is 20.3 Å². The normalized spacial score (nSPS) is 11.4. The molecule has 2 aromatic heterocycles. The Morgan fingerprint density at radius 2 is 2.15 bits per heavy atom. The van der Waals surface area contributed by atoms with Crippen LogP contribution >= 0.6 is 38.9 Å². The first-order valence-electron chi connectivity index (χ1n) is 5.41. The van der Waals surface area contributed by atoms with Gasteiger partial charge in [0.15, 0.2) is 5.82 Å². The van der Waals surface area contributed by atoms with Crippen LogP contribution in [0.15, 0.2) is 32.4 Å². The SMILES string of the molecule is CN(C)c1ncccc1NS(=O)(=O)c1cc(Cl)c(Br)s1. The second-order valence-corrected chi connectivity index (χ2v) is 8.75. The van der Waals surface area contributed by atoms with Crippen molar-refractivity contribution in [3.05, 3.63) is 33.2 Å². The van der Waals surface area contributed by atoms with E-state index >= 15 is 0 Å². The molecule has 9 heteroatoms. The molecule has 0 unspecified atom stereocenters. The highest BCUT2D eigenvalue weighted by Crippen LogP contribution is 2.35. The average Bonchev–Trinajstić information content (AvgIpc) is 2.70. The zero-order valence-corrected chi connectivity index (χ0v) is 14.6. The van der Waals surface area contributed by atoms with Gasteiger partial charge in [0.05, 0.1) is 14.5 Å². The van der Waals surface area contributed by atoms with E-state index in [2.05, 4.69) is 25.6 Å². The summed E-state index contributed by atoms with van der Waals surface area (Å²) >= 11 is 10.1. The summed E-state index contributed by atoms with van der Waals surface area (Å²) in [5, 5.41) is 0.370. The number of sulfonamides is 1. The lowest BCUT2D eigenvalue weighted by molar-refractivity contribution is 0.603. The standard InChI is InChI=1S/C11H11BrClN3O2S2/c1-16(2)11-8(4-3-5-14-11)15-20(17,18)9-6-7(13)10(12)19-9/h3-6,15H,1-2H3. The van der Waals surface area contributed by atoms with E-state index in [0.717, 1.165) is 11.3 Å². The van der Waals surface area contributed by atoms with Crippen molar-refractivity contribution < 1.29 is 8.42 Å². The molecule has 0 saturated heterocycles. The van der Waals surface area contributed by atoms with Gasteiger partial charge in [0.25, 0.3) is 10.0 Å². The largest absolute Gasteiger partial charge is 0.361 e. The van der Waals surface area contributed by atoms with E-state index in [1.54, 1.807) is 37.3 Å². The van der Waals surface area contributed by atoms with Gasteiger partial charge in [-0.3, -0.25) is 4.72 Å². The Labute approximate surface area is 134 Å². The summed E-state index contributed by atoms with van der Waals surface area (Å²) in [5.41, 5.74) is 0.415. The Morgan fingerprint density at radius 1 is 1.45 bits per heavy atom. The summed E-state index contributed by atoms with van der Waals surface area (Å²) in [6.45, 7) is 0. The number of thiophene rings is 1. The molecule has 0 saturated carbocycles. The third kappa shape index (κ3) is 3.25. The van der Waals surface area contributed by atoms with Crippen molar-refractivity contribution in [2.24, 2.45) is 0 Å². The highest BCUT2D eigenvalue weighted by molar-refractivity contribution is 9.11. The van der Waals surface area contributed by atoms with Crippen LogP contribution in [0.4, 0.5) is 11.5 Å². The van der Waals surface area contributed by atoms with Crippen LogP contribution in [0, 0.1) is 0 Å². The Kier molecular flexibility index (Phi) is 4.58. The van der Waals surface area contributed by atoms with Crippen LogP contribution in [0.5, 0.6) is 0 Å². The maximum atomic E-state index is 12.3. The number of anilines is 2. The molecule has 108 valence electrons. The maximum absolute atomic E-state index is 12.3. The predicted molar refractivity (Wildman–Crippen MR) is 86.4 cm³/mol. The lowest BCUT2D eigenvalue weighted by atomic mass is 10.4. The Hall–Kier alpha value is -0.830. The Balaban J connectivity index is 2.38. The minimum atomic E-state index is -3.68. The quantitative estimate of drug-likeness (QED) is 0.860. The lowest BCUT2D eigenvalue weighted by Gasteiger charge is -2.16. The monoisotopic (exact) mass is 395 g/mol. The van der Waals surface area contributed by atoms with Crippen LogP contribution in [-0.4, -0.2) is 27.5 Å². The molecule has 0 amide bonds. The molecule has 0 spiro atoms. The molecular formula is C11H11BrClN3O2S2. The Bertz CT molecular complexity index is 712. The van der Waals surface area contributed by atoms with E-state index in [-0.39, 0.29) is 4.21 Å². The summed E-state index contributed by atoms with van der Waals surface area (Å²) in [6.07, 6.45) is 1.60. The molecule has 0 fully saturated rings. The second-order valence-electron chi connectivity index (χ2n) is 4.06. The number of rotatable bonds is 4. The second kappa shape index (κ2) is 5.88. The van der Waals surface area contributed by atoms with Crippen molar-refractivity contribution in [3.8, 4) is 0 Å². The number of hydrogen-bond acceptors (Lipinski definition) is 5. The highest BCUT2D eigenvalue weighted by atomic mass is 79.9. The molecule has 1 N–H and O–H groups in total. The van der Waals surface area contributed by atoms with Gasteiger partial charge in [-0.2, -0.15) is 0 Å². The van der Waals surface area contributed by atoms with Gasteiger partial charge in [0.1, 0.15) is 4.21 Å². The lowest BCUT2D eigenvalue weighted by Crippen LogP contribution is -2.17. The molecule has 0 aliphatic heterocycles. The molecule has 20 heavy (non-hydrogen) atoms. The van der Waals surface area contributed by atoms with Crippen LogP contribution in [0.25, 0.3) is 0 Å². The fourth-order valence-corrected chi connectivity index (χ4v) is 4.95. The van der Waals surface area contributed by atoms with Crippen molar-refractivity contribution >= 4 is 60.4 Å². The number of halogens is 2. The van der Waals surface area contributed by atoms with Crippen molar-refractivity contribution in [2.45, 2.75) is 4.21 Å². The van der Waals surface area contributed by atoms with Gasteiger partial charge in [-0.05, 0) is 34.1 Å². The van der Waals surface area contributed by atoms with E-state index in [1.807, 2.05) is 0 Å². The number of nitrogens with one attached hydrogen (secondary N) is 1. The maximum Gasteiger partial charge on any atom is 0.271 e. The number of pyridine rings is 1. The average molecular weight is 397 g/mol.